The van der Waals surface area contributed by atoms with Crippen molar-refractivity contribution < 1.29 is 9.53 Å². The lowest BCUT2D eigenvalue weighted by molar-refractivity contribution is 0.0699. The highest BCUT2D eigenvalue weighted by molar-refractivity contribution is 5.94. The molecular formula is C21H34N4O2. The number of pyridine rings is 1. The number of aromatic nitrogens is 1. The Morgan fingerprint density at radius 1 is 1.22 bits per heavy atom. The molecule has 6 nitrogen and oxygen atoms in total. The van der Waals surface area contributed by atoms with Crippen LogP contribution in [-0.4, -0.2) is 61.7 Å². The molecular weight excluding hydrogens is 340 g/mol. The van der Waals surface area contributed by atoms with Gasteiger partial charge in [0.15, 0.2) is 0 Å². The van der Waals surface area contributed by atoms with Crippen molar-refractivity contribution in [2.75, 3.05) is 51.3 Å². The van der Waals surface area contributed by atoms with Crippen LogP contribution >= 0.6 is 0 Å². The summed E-state index contributed by atoms with van der Waals surface area (Å²) in [5.74, 6) is 2.70. The molecule has 1 aromatic heterocycles. The van der Waals surface area contributed by atoms with Crippen molar-refractivity contribution in [2.24, 2.45) is 17.8 Å². The summed E-state index contributed by atoms with van der Waals surface area (Å²) >= 11 is 0. The van der Waals surface area contributed by atoms with Crippen LogP contribution in [0.1, 0.15) is 43.5 Å². The van der Waals surface area contributed by atoms with Crippen LogP contribution in [-0.2, 0) is 4.74 Å². The minimum Gasteiger partial charge on any atom is -0.381 e. The number of carbonyl (C=O) groups is 1. The van der Waals surface area contributed by atoms with Crippen LogP contribution in [0.2, 0.25) is 0 Å². The summed E-state index contributed by atoms with van der Waals surface area (Å²) in [5, 5.41) is 6.45. The number of ether oxygens (including phenoxy) is 1. The molecule has 0 aliphatic carbocycles. The van der Waals surface area contributed by atoms with Gasteiger partial charge in [-0.3, -0.25) is 4.79 Å². The van der Waals surface area contributed by atoms with E-state index in [2.05, 4.69) is 34.4 Å². The Morgan fingerprint density at radius 2 is 2.04 bits per heavy atom. The summed E-state index contributed by atoms with van der Waals surface area (Å²) < 4.78 is 5.39. The van der Waals surface area contributed by atoms with E-state index in [0.29, 0.717) is 23.3 Å². The molecule has 0 saturated carbocycles. The third kappa shape index (κ3) is 6.47. The molecule has 1 atom stereocenters. The van der Waals surface area contributed by atoms with E-state index in [9.17, 15) is 4.79 Å². The van der Waals surface area contributed by atoms with Crippen LogP contribution in [0.5, 0.6) is 0 Å². The molecule has 2 fully saturated rings. The molecule has 6 heteroatoms. The van der Waals surface area contributed by atoms with Gasteiger partial charge in [0.05, 0.1) is 5.56 Å². The van der Waals surface area contributed by atoms with Gasteiger partial charge in [-0.05, 0) is 55.7 Å². The Kier molecular flexibility index (Phi) is 7.47. The van der Waals surface area contributed by atoms with Gasteiger partial charge in [-0.1, -0.05) is 13.8 Å². The number of hydrogen-bond donors (Lipinski definition) is 2. The van der Waals surface area contributed by atoms with E-state index < -0.39 is 0 Å². The van der Waals surface area contributed by atoms with Crippen molar-refractivity contribution in [2.45, 2.75) is 33.1 Å². The fourth-order valence-corrected chi connectivity index (χ4v) is 3.93. The summed E-state index contributed by atoms with van der Waals surface area (Å²) in [6.07, 6.45) is 5.04. The van der Waals surface area contributed by atoms with Gasteiger partial charge in [-0.25, -0.2) is 4.98 Å². The minimum atomic E-state index is -0.0270. The molecule has 2 aliphatic heterocycles. The lowest BCUT2D eigenvalue weighted by Gasteiger charge is -2.22. The van der Waals surface area contributed by atoms with Gasteiger partial charge < -0.3 is 20.3 Å². The van der Waals surface area contributed by atoms with Gasteiger partial charge >= 0.3 is 0 Å². The first-order valence-electron chi connectivity index (χ1n) is 10.4. The Labute approximate surface area is 163 Å². The zero-order valence-corrected chi connectivity index (χ0v) is 16.7. The van der Waals surface area contributed by atoms with Gasteiger partial charge in [0.25, 0.3) is 5.91 Å². The average Bonchev–Trinajstić information content (AvgIpc) is 3.12. The number of amides is 1. The van der Waals surface area contributed by atoms with E-state index in [1.165, 1.54) is 6.42 Å². The first kappa shape index (κ1) is 20.1. The zero-order valence-electron chi connectivity index (χ0n) is 16.7. The van der Waals surface area contributed by atoms with Gasteiger partial charge in [0.2, 0.25) is 0 Å². The van der Waals surface area contributed by atoms with Crippen molar-refractivity contribution >= 4 is 11.7 Å². The van der Waals surface area contributed by atoms with E-state index in [1.54, 1.807) is 6.20 Å². The van der Waals surface area contributed by atoms with Crippen LogP contribution in [0.4, 0.5) is 5.82 Å². The van der Waals surface area contributed by atoms with Gasteiger partial charge in [0.1, 0.15) is 5.82 Å². The molecule has 3 heterocycles. The maximum atomic E-state index is 12.4. The third-order valence-electron chi connectivity index (χ3n) is 5.48. The van der Waals surface area contributed by atoms with Crippen LogP contribution < -0.4 is 10.6 Å². The van der Waals surface area contributed by atoms with Crippen LogP contribution in [0.15, 0.2) is 18.3 Å². The molecule has 0 unspecified atom stereocenters. The Bertz CT molecular complexity index is 584. The molecule has 150 valence electrons. The van der Waals surface area contributed by atoms with Gasteiger partial charge in [-0.15, -0.1) is 0 Å². The number of carbonyl (C=O) groups excluding carboxylic acids is 1. The summed E-state index contributed by atoms with van der Waals surface area (Å²) in [6.45, 7) is 11.3. The highest BCUT2D eigenvalue weighted by Crippen LogP contribution is 2.17. The predicted octanol–water partition coefficient (Wildman–Crippen LogP) is 2.63. The molecule has 3 rings (SSSR count). The molecule has 0 spiro atoms. The first-order valence-corrected chi connectivity index (χ1v) is 10.4. The highest BCUT2D eigenvalue weighted by atomic mass is 16.5. The molecule has 2 aliphatic rings. The second kappa shape index (κ2) is 10.0. The van der Waals surface area contributed by atoms with Crippen LogP contribution in [0.25, 0.3) is 0 Å². The van der Waals surface area contributed by atoms with Crippen molar-refractivity contribution in [3.05, 3.63) is 23.9 Å². The summed E-state index contributed by atoms with van der Waals surface area (Å²) in [6, 6.07) is 3.75. The van der Waals surface area contributed by atoms with Crippen molar-refractivity contribution in [1.29, 1.82) is 0 Å². The molecule has 27 heavy (non-hydrogen) atoms. The second-order valence-corrected chi connectivity index (χ2v) is 8.39. The van der Waals surface area contributed by atoms with Gasteiger partial charge in [-0.2, -0.15) is 0 Å². The normalized spacial score (nSPS) is 21.5. The molecule has 2 saturated heterocycles. The topological polar surface area (TPSA) is 66.5 Å². The molecule has 0 radical (unpaired) electrons. The molecule has 0 bridgehead atoms. The lowest BCUT2D eigenvalue weighted by atomic mass is 10.0. The highest BCUT2D eigenvalue weighted by Gasteiger charge is 2.23. The van der Waals surface area contributed by atoms with Crippen molar-refractivity contribution in [3.8, 4) is 0 Å². The van der Waals surface area contributed by atoms with Crippen molar-refractivity contribution in [3.63, 3.8) is 0 Å². The lowest BCUT2D eigenvalue weighted by Crippen LogP contribution is -2.32. The van der Waals surface area contributed by atoms with E-state index in [0.717, 1.165) is 64.6 Å². The SMILES string of the molecule is CC(C)CN1CC[C@@H](CNC(=O)c2ccc(NCC3CCOCC3)nc2)C1. The van der Waals surface area contributed by atoms with Crippen molar-refractivity contribution in [1.82, 2.24) is 15.2 Å². The number of anilines is 1. The van der Waals surface area contributed by atoms with E-state index >= 15 is 0 Å². The number of rotatable bonds is 8. The Hall–Kier alpha value is -1.66. The fourth-order valence-electron chi connectivity index (χ4n) is 3.93. The third-order valence-corrected chi connectivity index (χ3v) is 5.48. The number of nitrogens with zero attached hydrogens (tertiary/aromatic N) is 2. The summed E-state index contributed by atoms with van der Waals surface area (Å²) in [4.78, 5) is 19.3. The van der Waals surface area contributed by atoms with E-state index in [4.69, 9.17) is 4.74 Å². The standard InChI is InChI=1S/C21H34N4O2/c1-16(2)14-25-8-5-18(15-25)12-24-21(26)19-3-4-20(23-13-19)22-11-17-6-9-27-10-7-17/h3-4,13,16-18H,5-12,14-15H2,1-2H3,(H,22,23)(H,24,26)/t18-/m0/s1. The Morgan fingerprint density at radius 3 is 2.74 bits per heavy atom. The average molecular weight is 375 g/mol. The van der Waals surface area contributed by atoms with Crippen LogP contribution in [0.3, 0.4) is 0 Å². The number of likely N-dealkylation sites (tertiary alicyclic amines) is 1. The monoisotopic (exact) mass is 374 g/mol. The molecule has 2 N–H and O–H groups in total. The predicted molar refractivity (Wildman–Crippen MR) is 108 cm³/mol. The minimum absolute atomic E-state index is 0.0270. The maximum absolute atomic E-state index is 12.4. The molecule has 1 amide bonds. The molecule has 1 aromatic rings. The fraction of sp³-hybridized carbons (Fsp3) is 0.714. The summed E-state index contributed by atoms with van der Waals surface area (Å²) in [7, 11) is 0. The Balaban J connectivity index is 1.38. The zero-order chi connectivity index (χ0) is 19.1. The smallest absolute Gasteiger partial charge is 0.252 e. The second-order valence-electron chi connectivity index (χ2n) is 8.39. The van der Waals surface area contributed by atoms with Crippen LogP contribution in [0, 0.1) is 17.8 Å². The molecule has 0 aromatic carbocycles. The van der Waals surface area contributed by atoms with E-state index in [1.807, 2.05) is 12.1 Å². The van der Waals surface area contributed by atoms with Gasteiger partial charge in [0, 0.05) is 45.6 Å². The number of nitrogens with one attached hydrogen (secondary N) is 2. The maximum Gasteiger partial charge on any atom is 0.252 e. The van der Waals surface area contributed by atoms with E-state index in [-0.39, 0.29) is 5.91 Å². The largest absolute Gasteiger partial charge is 0.381 e. The summed E-state index contributed by atoms with van der Waals surface area (Å²) in [5.41, 5.74) is 0.628. The quantitative estimate of drug-likeness (QED) is 0.732. The first-order chi connectivity index (χ1) is 13.1. The number of hydrogen-bond acceptors (Lipinski definition) is 5.